The molecule has 0 spiro atoms. The quantitative estimate of drug-likeness (QED) is 0.895. The summed E-state index contributed by atoms with van der Waals surface area (Å²) in [6, 6.07) is 7.25. The zero-order valence-corrected chi connectivity index (χ0v) is 13.3. The molecule has 1 atom stereocenters. The number of benzene rings is 1. The Morgan fingerprint density at radius 3 is 2.43 bits per heavy atom. The van der Waals surface area contributed by atoms with E-state index in [-0.39, 0.29) is 18.4 Å². The normalized spacial score (nSPS) is 12.4. The second-order valence-electron chi connectivity index (χ2n) is 6.11. The number of anilines is 1. The Bertz CT molecular complexity index is 506. The van der Waals surface area contributed by atoms with Gasteiger partial charge in [0.1, 0.15) is 5.60 Å². The smallest absolute Gasteiger partial charge is 0.407 e. The molecule has 0 heterocycles. The molecule has 5 heteroatoms. The average Bonchev–Trinajstić information content (AvgIpc) is 2.28. The van der Waals surface area contributed by atoms with Gasteiger partial charge >= 0.3 is 6.09 Å². The number of aryl methyl sites for hydroxylation is 1. The predicted molar refractivity (Wildman–Crippen MR) is 83.3 cm³/mol. The van der Waals surface area contributed by atoms with E-state index in [0.717, 1.165) is 11.3 Å². The third-order valence-corrected chi connectivity index (χ3v) is 2.67. The minimum Gasteiger partial charge on any atom is -0.444 e. The topological polar surface area (TPSA) is 67.4 Å². The minimum atomic E-state index is -0.548. The number of carbonyl (C=O) groups is 2. The van der Waals surface area contributed by atoms with Crippen molar-refractivity contribution in [1.29, 1.82) is 0 Å². The van der Waals surface area contributed by atoms with Gasteiger partial charge in [0.05, 0.1) is 0 Å². The number of hydrogen-bond acceptors (Lipinski definition) is 3. The van der Waals surface area contributed by atoms with Crippen LogP contribution >= 0.6 is 0 Å². The van der Waals surface area contributed by atoms with Crippen LogP contribution in [0, 0.1) is 6.92 Å². The lowest BCUT2D eigenvalue weighted by Crippen LogP contribution is -2.39. The summed E-state index contributed by atoms with van der Waals surface area (Å²) in [5.74, 6) is -0.146. The molecule has 0 aliphatic rings. The first-order valence-corrected chi connectivity index (χ1v) is 7.02. The number of para-hydroxylation sites is 1. The van der Waals surface area contributed by atoms with E-state index in [9.17, 15) is 9.59 Å². The molecule has 116 valence electrons. The van der Waals surface area contributed by atoms with Crippen LogP contribution in [0.2, 0.25) is 0 Å². The molecule has 2 amide bonds. The van der Waals surface area contributed by atoms with Gasteiger partial charge in [0.25, 0.3) is 0 Å². The number of ether oxygens (including phenoxy) is 1. The first kappa shape index (κ1) is 17.0. The molecule has 0 aromatic heterocycles. The predicted octanol–water partition coefficient (Wildman–Crippen LogP) is 3.24. The van der Waals surface area contributed by atoms with Crippen molar-refractivity contribution in [2.45, 2.75) is 52.7 Å². The highest BCUT2D eigenvalue weighted by Crippen LogP contribution is 2.13. The monoisotopic (exact) mass is 292 g/mol. The van der Waals surface area contributed by atoms with Crippen molar-refractivity contribution in [3.05, 3.63) is 29.8 Å². The zero-order chi connectivity index (χ0) is 16.0. The summed E-state index contributed by atoms with van der Waals surface area (Å²) in [4.78, 5) is 23.5. The Morgan fingerprint density at radius 1 is 1.24 bits per heavy atom. The second kappa shape index (κ2) is 7.11. The molecule has 0 aliphatic heterocycles. The van der Waals surface area contributed by atoms with Crippen molar-refractivity contribution in [2.24, 2.45) is 0 Å². The third-order valence-electron chi connectivity index (χ3n) is 2.67. The molecule has 0 radical (unpaired) electrons. The maximum Gasteiger partial charge on any atom is 0.407 e. The summed E-state index contributed by atoms with van der Waals surface area (Å²) in [6.07, 6.45) is -0.327. The van der Waals surface area contributed by atoms with E-state index >= 15 is 0 Å². The van der Waals surface area contributed by atoms with Crippen LogP contribution in [0.25, 0.3) is 0 Å². The summed E-state index contributed by atoms with van der Waals surface area (Å²) in [7, 11) is 0. The van der Waals surface area contributed by atoms with Gasteiger partial charge in [0, 0.05) is 18.2 Å². The number of rotatable bonds is 4. The Labute approximate surface area is 126 Å². The van der Waals surface area contributed by atoms with Gasteiger partial charge in [0.15, 0.2) is 0 Å². The van der Waals surface area contributed by atoms with Gasteiger partial charge in [0.2, 0.25) is 5.91 Å². The van der Waals surface area contributed by atoms with Gasteiger partial charge in [-0.15, -0.1) is 0 Å². The fraction of sp³-hybridized carbons (Fsp3) is 0.500. The molecule has 1 aromatic carbocycles. The summed E-state index contributed by atoms with van der Waals surface area (Å²) in [5, 5.41) is 5.48. The van der Waals surface area contributed by atoms with E-state index in [2.05, 4.69) is 10.6 Å². The summed E-state index contributed by atoms with van der Waals surface area (Å²) < 4.78 is 5.15. The highest BCUT2D eigenvalue weighted by Gasteiger charge is 2.19. The van der Waals surface area contributed by atoms with Gasteiger partial charge in [-0.3, -0.25) is 4.79 Å². The largest absolute Gasteiger partial charge is 0.444 e. The maximum atomic E-state index is 11.9. The van der Waals surface area contributed by atoms with Gasteiger partial charge in [-0.25, -0.2) is 4.79 Å². The van der Waals surface area contributed by atoms with E-state index in [1.807, 2.05) is 31.2 Å². The van der Waals surface area contributed by atoms with Crippen LogP contribution in [0.5, 0.6) is 0 Å². The van der Waals surface area contributed by atoms with Crippen LogP contribution in [0.15, 0.2) is 24.3 Å². The maximum absolute atomic E-state index is 11.9. The fourth-order valence-corrected chi connectivity index (χ4v) is 1.75. The molecule has 2 N–H and O–H groups in total. The number of amides is 2. The van der Waals surface area contributed by atoms with E-state index < -0.39 is 11.7 Å². The van der Waals surface area contributed by atoms with Gasteiger partial charge in [-0.1, -0.05) is 18.2 Å². The molecular weight excluding hydrogens is 268 g/mol. The van der Waals surface area contributed by atoms with Crippen molar-refractivity contribution in [2.75, 3.05) is 5.32 Å². The Hall–Kier alpha value is -2.04. The van der Waals surface area contributed by atoms with Gasteiger partial charge in [-0.2, -0.15) is 0 Å². The van der Waals surface area contributed by atoms with Crippen molar-refractivity contribution < 1.29 is 14.3 Å². The van der Waals surface area contributed by atoms with E-state index in [4.69, 9.17) is 4.74 Å². The Morgan fingerprint density at radius 2 is 1.86 bits per heavy atom. The number of nitrogens with one attached hydrogen (secondary N) is 2. The van der Waals surface area contributed by atoms with Gasteiger partial charge < -0.3 is 15.4 Å². The van der Waals surface area contributed by atoms with E-state index in [1.54, 1.807) is 27.7 Å². The third kappa shape index (κ3) is 6.79. The molecule has 5 nitrogen and oxygen atoms in total. The van der Waals surface area contributed by atoms with Crippen molar-refractivity contribution >= 4 is 17.7 Å². The zero-order valence-electron chi connectivity index (χ0n) is 13.3. The molecule has 0 fully saturated rings. The Kier molecular flexibility index (Phi) is 5.76. The molecule has 0 aliphatic carbocycles. The van der Waals surface area contributed by atoms with E-state index in [0.29, 0.717) is 0 Å². The highest BCUT2D eigenvalue weighted by molar-refractivity contribution is 5.92. The SMILES string of the molecule is Cc1ccccc1NC(=O)C[C@@H](C)NC(=O)OC(C)(C)C. The van der Waals surface area contributed by atoms with Crippen molar-refractivity contribution in [1.82, 2.24) is 5.32 Å². The van der Waals surface area contributed by atoms with Crippen LogP contribution in [0.3, 0.4) is 0 Å². The van der Waals surface area contributed by atoms with Crippen LogP contribution in [-0.2, 0) is 9.53 Å². The molecule has 0 saturated carbocycles. The highest BCUT2D eigenvalue weighted by atomic mass is 16.6. The average molecular weight is 292 g/mol. The molecule has 0 unspecified atom stereocenters. The van der Waals surface area contributed by atoms with E-state index in [1.165, 1.54) is 0 Å². The lowest BCUT2D eigenvalue weighted by molar-refractivity contribution is -0.116. The molecular formula is C16H24N2O3. The van der Waals surface area contributed by atoms with Crippen LogP contribution in [0.1, 0.15) is 39.7 Å². The van der Waals surface area contributed by atoms with Gasteiger partial charge in [-0.05, 0) is 46.2 Å². The number of alkyl carbamates (subject to hydrolysis) is 1. The summed E-state index contributed by atoms with van der Waals surface area (Å²) in [6.45, 7) is 9.08. The molecule has 0 saturated heterocycles. The van der Waals surface area contributed by atoms with Crippen LogP contribution in [0.4, 0.5) is 10.5 Å². The first-order valence-electron chi connectivity index (χ1n) is 7.02. The number of carbonyl (C=O) groups excluding carboxylic acids is 2. The van der Waals surface area contributed by atoms with Crippen LogP contribution in [-0.4, -0.2) is 23.6 Å². The summed E-state index contributed by atoms with van der Waals surface area (Å²) >= 11 is 0. The molecule has 1 rings (SSSR count). The van der Waals surface area contributed by atoms with Crippen LogP contribution < -0.4 is 10.6 Å². The fourth-order valence-electron chi connectivity index (χ4n) is 1.75. The first-order chi connectivity index (χ1) is 9.67. The number of hydrogen-bond donors (Lipinski definition) is 2. The van der Waals surface area contributed by atoms with Crippen molar-refractivity contribution in [3.8, 4) is 0 Å². The lowest BCUT2D eigenvalue weighted by atomic mass is 10.2. The standard InChI is InChI=1S/C16H24N2O3/c1-11-8-6-7-9-13(11)18-14(19)10-12(2)17-15(20)21-16(3,4)5/h6-9,12H,10H2,1-5H3,(H,17,20)(H,18,19)/t12-/m1/s1. The van der Waals surface area contributed by atoms with Crippen molar-refractivity contribution in [3.63, 3.8) is 0 Å². The Balaban J connectivity index is 2.44. The summed E-state index contributed by atoms with van der Waals surface area (Å²) in [5.41, 5.74) is 1.23. The lowest BCUT2D eigenvalue weighted by Gasteiger charge is -2.21. The molecule has 21 heavy (non-hydrogen) atoms. The molecule has 0 bridgehead atoms. The minimum absolute atomic E-state index is 0.146. The molecule has 1 aromatic rings. The second-order valence-corrected chi connectivity index (χ2v) is 6.11.